The molecule has 5 heteroatoms. The van der Waals surface area contributed by atoms with Crippen LogP contribution in [-0.4, -0.2) is 29.0 Å². The Morgan fingerprint density at radius 3 is 2.75 bits per heavy atom. The van der Waals surface area contributed by atoms with Gasteiger partial charge in [-0.1, -0.05) is 19.1 Å². The quantitative estimate of drug-likeness (QED) is 0.791. The topological polar surface area (TPSA) is 69.8 Å². The fraction of sp³-hybridized carbons (Fsp3) is 0.467. The van der Waals surface area contributed by atoms with Gasteiger partial charge in [0.05, 0.1) is 17.1 Å². The summed E-state index contributed by atoms with van der Waals surface area (Å²) >= 11 is 0. The Bertz CT molecular complexity index is 584. The first kappa shape index (κ1) is 13.1. The van der Waals surface area contributed by atoms with Gasteiger partial charge in [-0.3, -0.25) is 4.79 Å². The van der Waals surface area contributed by atoms with Crippen LogP contribution in [0.1, 0.15) is 25.7 Å². The van der Waals surface area contributed by atoms with Crippen molar-refractivity contribution in [2.75, 3.05) is 13.1 Å². The number of para-hydroxylation sites is 2. The zero-order chi connectivity index (χ0) is 14.1. The molecular weight excluding hydrogens is 252 g/mol. The number of carbonyl (C=O) groups excluding carboxylic acids is 1. The van der Waals surface area contributed by atoms with Crippen LogP contribution in [0.2, 0.25) is 0 Å². The van der Waals surface area contributed by atoms with Gasteiger partial charge in [0.25, 0.3) is 0 Å². The molecule has 0 bridgehead atoms. The number of imidazole rings is 1. The number of aromatic nitrogens is 2. The second-order valence-corrected chi connectivity index (χ2v) is 5.58. The van der Waals surface area contributed by atoms with Crippen molar-refractivity contribution in [2.24, 2.45) is 11.8 Å². The standard InChI is InChI=1S/C15H20N4O/c1-9(11-7-16-8-11)15(20)17-10(2)14-18-12-5-3-4-6-13(12)19-14/h3-6,9-11,16H,7-8H2,1-2H3,(H,17,20)(H,18,19). The molecule has 2 aromatic rings. The Balaban J connectivity index is 1.68. The van der Waals surface area contributed by atoms with Crippen molar-refractivity contribution in [2.45, 2.75) is 19.9 Å². The molecule has 0 radical (unpaired) electrons. The molecule has 0 aliphatic carbocycles. The first-order chi connectivity index (χ1) is 9.65. The van der Waals surface area contributed by atoms with Gasteiger partial charge in [-0.2, -0.15) is 0 Å². The fourth-order valence-corrected chi connectivity index (χ4v) is 2.47. The third kappa shape index (κ3) is 2.41. The summed E-state index contributed by atoms with van der Waals surface area (Å²) in [6.45, 7) is 5.83. The smallest absolute Gasteiger partial charge is 0.223 e. The number of nitrogens with zero attached hydrogens (tertiary/aromatic N) is 1. The minimum absolute atomic E-state index is 0.0445. The van der Waals surface area contributed by atoms with Gasteiger partial charge >= 0.3 is 0 Å². The number of hydrogen-bond donors (Lipinski definition) is 3. The lowest BCUT2D eigenvalue weighted by atomic mass is 9.88. The van der Waals surface area contributed by atoms with E-state index in [2.05, 4.69) is 20.6 Å². The van der Waals surface area contributed by atoms with E-state index in [1.165, 1.54) is 0 Å². The van der Waals surface area contributed by atoms with Crippen LogP contribution in [0.15, 0.2) is 24.3 Å². The van der Waals surface area contributed by atoms with E-state index in [1.807, 2.05) is 38.1 Å². The van der Waals surface area contributed by atoms with Gasteiger partial charge in [0.15, 0.2) is 0 Å². The van der Waals surface area contributed by atoms with Gasteiger partial charge in [0.1, 0.15) is 5.82 Å². The molecule has 0 spiro atoms. The molecule has 1 saturated heterocycles. The van der Waals surface area contributed by atoms with E-state index in [0.717, 1.165) is 29.9 Å². The second-order valence-electron chi connectivity index (χ2n) is 5.58. The highest BCUT2D eigenvalue weighted by Gasteiger charge is 2.29. The zero-order valence-corrected chi connectivity index (χ0v) is 11.8. The van der Waals surface area contributed by atoms with E-state index in [9.17, 15) is 4.79 Å². The van der Waals surface area contributed by atoms with E-state index in [4.69, 9.17) is 0 Å². The van der Waals surface area contributed by atoms with E-state index < -0.39 is 0 Å². The maximum Gasteiger partial charge on any atom is 0.223 e. The Kier molecular flexibility index (Phi) is 3.44. The number of aromatic amines is 1. The van der Waals surface area contributed by atoms with Crippen molar-refractivity contribution in [3.8, 4) is 0 Å². The van der Waals surface area contributed by atoms with Crippen molar-refractivity contribution < 1.29 is 4.79 Å². The minimum atomic E-state index is -0.106. The van der Waals surface area contributed by atoms with E-state index >= 15 is 0 Å². The third-order valence-corrected chi connectivity index (χ3v) is 4.11. The fourth-order valence-electron chi connectivity index (χ4n) is 2.47. The van der Waals surface area contributed by atoms with E-state index in [1.54, 1.807) is 0 Å². The SMILES string of the molecule is CC(NC(=O)C(C)C1CNC1)c1nc2ccccc2[nH]1. The van der Waals surface area contributed by atoms with Gasteiger partial charge < -0.3 is 15.6 Å². The molecule has 1 aromatic carbocycles. The number of amides is 1. The highest BCUT2D eigenvalue weighted by molar-refractivity contribution is 5.79. The number of rotatable bonds is 4. The minimum Gasteiger partial charge on any atom is -0.346 e. The van der Waals surface area contributed by atoms with Crippen LogP contribution in [-0.2, 0) is 4.79 Å². The summed E-state index contributed by atoms with van der Waals surface area (Å²) in [6, 6.07) is 7.78. The molecule has 3 rings (SSSR count). The predicted octanol–water partition coefficient (Wildman–Crippen LogP) is 1.60. The summed E-state index contributed by atoms with van der Waals surface area (Å²) in [7, 11) is 0. The van der Waals surface area contributed by atoms with Crippen LogP contribution in [0, 0.1) is 11.8 Å². The Labute approximate surface area is 118 Å². The van der Waals surface area contributed by atoms with Crippen molar-refractivity contribution in [3.05, 3.63) is 30.1 Å². The lowest BCUT2D eigenvalue weighted by molar-refractivity contribution is -0.127. The monoisotopic (exact) mass is 272 g/mol. The molecule has 1 aliphatic rings. The Morgan fingerprint density at radius 2 is 2.10 bits per heavy atom. The molecule has 1 fully saturated rings. The molecule has 2 atom stereocenters. The van der Waals surface area contributed by atoms with Crippen LogP contribution in [0.4, 0.5) is 0 Å². The second kappa shape index (κ2) is 5.25. The average molecular weight is 272 g/mol. The molecule has 2 heterocycles. The molecule has 5 nitrogen and oxygen atoms in total. The largest absolute Gasteiger partial charge is 0.346 e. The lowest BCUT2D eigenvalue weighted by Crippen LogP contribution is -2.49. The zero-order valence-electron chi connectivity index (χ0n) is 11.8. The van der Waals surface area contributed by atoms with E-state index in [0.29, 0.717) is 5.92 Å². The number of fused-ring (bicyclic) bond motifs is 1. The number of hydrogen-bond acceptors (Lipinski definition) is 3. The lowest BCUT2D eigenvalue weighted by Gasteiger charge is -2.32. The molecule has 106 valence electrons. The van der Waals surface area contributed by atoms with Crippen LogP contribution in [0.25, 0.3) is 11.0 Å². The number of benzene rings is 1. The Morgan fingerprint density at radius 1 is 1.35 bits per heavy atom. The van der Waals surface area contributed by atoms with Gasteiger partial charge in [0, 0.05) is 5.92 Å². The van der Waals surface area contributed by atoms with Crippen LogP contribution in [0.3, 0.4) is 0 Å². The van der Waals surface area contributed by atoms with Gasteiger partial charge in [0.2, 0.25) is 5.91 Å². The number of H-pyrrole nitrogens is 1. The third-order valence-electron chi connectivity index (χ3n) is 4.11. The molecule has 3 N–H and O–H groups in total. The average Bonchev–Trinajstić information content (AvgIpc) is 2.80. The highest BCUT2D eigenvalue weighted by atomic mass is 16.1. The summed E-state index contributed by atoms with van der Waals surface area (Å²) in [5.74, 6) is 1.41. The number of carbonyl (C=O) groups is 1. The molecule has 0 saturated carbocycles. The summed E-state index contributed by atoms with van der Waals surface area (Å²) in [5, 5.41) is 6.25. The van der Waals surface area contributed by atoms with Crippen molar-refractivity contribution in [1.29, 1.82) is 0 Å². The first-order valence-electron chi connectivity index (χ1n) is 7.11. The van der Waals surface area contributed by atoms with Gasteiger partial charge in [-0.25, -0.2) is 4.98 Å². The van der Waals surface area contributed by atoms with Crippen molar-refractivity contribution >= 4 is 16.9 Å². The van der Waals surface area contributed by atoms with Crippen molar-refractivity contribution in [1.82, 2.24) is 20.6 Å². The van der Waals surface area contributed by atoms with Crippen LogP contribution < -0.4 is 10.6 Å². The number of nitrogens with one attached hydrogen (secondary N) is 3. The summed E-state index contributed by atoms with van der Waals surface area (Å²) < 4.78 is 0. The van der Waals surface area contributed by atoms with Gasteiger partial charge in [-0.15, -0.1) is 0 Å². The maximum atomic E-state index is 12.2. The molecule has 1 aromatic heterocycles. The van der Waals surface area contributed by atoms with E-state index in [-0.39, 0.29) is 17.9 Å². The predicted molar refractivity (Wildman–Crippen MR) is 78.2 cm³/mol. The molecule has 20 heavy (non-hydrogen) atoms. The molecular formula is C15H20N4O. The summed E-state index contributed by atoms with van der Waals surface area (Å²) in [5.41, 5.74) is 1.93. The van der Waals surface area contributed by atoms with Crippen LogP contribution in [0.5, 0.6) is 0 Å². The first-order valence-corrected chi connectivity index (χ1v) is 7.11. The molecule has 1 amide bonds. The normalized spacial score (nSPS) is 18.5. The summed E-state index contributed by atoms with van der Waals surface area (Å²) in [4.78, 5) is 20.0. The van der Waals surface area contributed by atoms with Gasteiger partial charge in [-0.05, 0) is 38.1 Å². The van der Waals surface area contributed by atoms with Crippen molar-refractivity contribution in [3.63, 3.8) is 0 Å². The molecule has 1 aliphatic heterocycles. The summed E-state index contributed by atoms with van der Waals surface area (Å²) in [6.07, 6.45) is 0. The highest BCUT2D eigenvalue weighted by Crippen LogP contribution is 2.19. The van der Waals surface area contributed by atoms with Crippen LogP contribution >= 0.6 is 0 Å². The molecule has 2 unspecified atom stereocenters. The maximum absolute atomic E-state index is 12.2. The Hall–Kier alpha value is -1.88.